The third-order valence-electron chi connectivity index (χ3n) is 3.54. The third-order valence-corrected chi connectivity index (χ3v) is 3.54. The van der Waals surface area contributed by atoms with Gasteiger partial charge in [0, 0.05) is 40.7 Å². The van der Waals surface area contributed by atoms with Crippen molar-refractivity contribution in [1.82, 2.24) is 4.57 Å². The first-order valence-electron chi connectivity index (χ1n) is 7.15. The molecule has 0 aliphatic rings. The van der Waals surface area contributed by atoms with Crippen LogP contribution in [0, 0.1) is 5.82 Å². The summed E-state index contributed by atoms with van der Waals surface area (Å²) < 4.78 is 16.1. The van der Waals surface area contributed by atoms with Gasteiger partial charge in [-0.15, -0.1) is 0 Å². The molecule has 0 saturated heterocycles. The highest BCUT2D eigenvalue weighted by Crippen LogP contribution is 2.20. The van der Waals surface area contributed by atoms with Gasteiger partial charge in [-0.1, -0.05) is 24.2 Å². The fourth-order valence-corrected chi connectivity index (χ4v) is 2.52. The number of rotatable bonds is 5. The van der Waals surface area contributed by atoms with Gasteiger partial charge < -0.3 is 4.57 Å². The van der Waals surface area contributed by atoms with E-state index in [1.165, 1.54) is 6.07 Å². The molecule has 0 aliphatic carbocycles. The third kappa shape index (κ3) is 3.02. The van der Waals surface area contributed by atoms with Gasteiger partial charge in [0.05, 0.1) is 5.52 Å². The number of halogens is 1. The molecule has 2 aromatic rings. The second-order valence-corrected chi connectivity index (χ2v) is 4.80. The van der Waals surface area contributed by atoms with Gasteiger partial charge in [0.25, 0.3) is 0 Å². The second-order valence-electron chi connectivity index (χ2n) is 4.80. The van der Waals surface area contributed by atoms with Crippen LogP contribution in [0.2, 0.25) is 0 Å². The molecule has 22 heavy (non-hydrogen) atoms. The summed E-state index contributed by atoms with van der Waals surface area (Å²) in [6.45, 7) is 4.83. The van der Waals surface area contributed by atoms with Gasteiger partial charge in [-0.3, -0.25) is 4.79 Å². The van der Waals surface area contributed by atoms with Crippen LogP contribution >= 0.6 is 0 Å². The number of fused-ring (bicyclic) bond motifs is 1. The fraction of sp³-hybridized carbons (Fsp3) is 0.312. The summed E-state index contributed by atoms with van der Waals surface area (Å²) in [5.41, 5.74) is 10.1. The minimum Gasteiger partial charge on any atom is -0.345 e. The van der Waals surface area contributed by atoms with Crippen molar-refractivity contribution in [3.05, 3.63) is 62.0 Å². The van der Waals surface area contributed by atoms with Crippen molar-refractivity contribution in [2.75, 3.05) is 6.54 Å². The van der Waals surface area contributed by atoms with Crippen molar-refractivity contribution < 1.29 is 4.39 Å². The molecule has 0 fully saturated rings. The Morgan fingerprint density at radius 1 is 1.36 bits per heavy atom. The van der Waals surface area contributed by atoms with Crippen LogP contribution in [-0.2, 0) is 13.0 Å². The zero-order valence-electron chi connectivity index (χ0n) is 12.6. The van der Waals surface area contributed by atoms with Crippen molar-refractivity contribution in [3.8, 4) is 0 Å². The molecule has 114 valence electrons. The first-order valence-corrected chi connectivity index (χ1v) is 7.15. The van der Waals surface area contributed by atoms with Gasteiger partial charge in [0.2, 0.25) is 0 Å². The van der Waals surface area contributed by atoms with Crippen LogP contribution in [-0.4, -0.2) is 11.1 Å². The van der Waals surface area contributed by atoms with Crippen LogP contribution < -0.4 is 5.43 Å². The van der Waals surface area contributed by atoms with Gasteiger partial charge in [-0.05, 0) is 31.0 Å². The van der Waals surface area contributed by atoms with Crippen LogP contribution in [0.5, 0.6) is 0 Å². The zero-order valence-corrected chi connectivity index (χ0v) is 12.6. The van der Waals surface area contributed by atoms with Crippen LogP contribution in [0.3, 0.4) is 0 Å². The minimum atomic E-state index is -0.464. The molecule has 0 radical (unpaired) electrons. The molecule has 1 heterocycles. The molecule has 0 aliphatic heterocycles. The number of hydrogen-bond donors (Lipinski definition) is 0. The first kappa shape index (κ1) is 15.8. The van der Waals surface area contributed by atoms with E-state index in [1.807, 2.05) is 18.4 Å². The lowest BCUT2D eigenvalue weighted by atomic mass is 10.1. The number of hydrogen-bond acceptors (Lipinski definition) is 2. The smallest absolute Gasteiger partial charge is 0.189 e. The van der Waals surface area contributed by atoms with Crippen LogP contribution in [0.15, 0.2) is 34.2 Å². The molecule has 2 rings (SSSR count). The summed E-state index contributed by atoms with van der Waals surface area (Å²) in [7, 11) is 0. The molecule has 0 spiro atoms. The maximum absolute atomic E-state index is 14.1. The van der Waals surface area contributed by atoms with Crippen LogP contribution in [0.1, 0.15) is 25.1 Å². The van der Waals surface area contributed by atoms with Gasteiger partial charge in [-0.2, -0.15) is 0 Å². The number of benzene rings is 1. The minimum absolute atomic E-state index is 0.156. The normalized spacial score (nSPS) is 11.0. The Balaban J connectivity index is 2.66. The number of azide groups is 1. The van der Waals surface area contributed by atoms with E-state index in [2.05, 4.69) is 10.0 Å². The molecule has 6 heteroatoms. The highest BCUT2D eigenvalue weighted by Gasteiger charge is 2.10. The van der Waals surface area contributed by atoms with E-state index in [4.69, 9.17) is 5.53 Å². The Labute approximate surface area is 127 Å². The van der Waals surface area contributed by atoms with E-state index in [0.717, 1.165) is 17.6 Å². The predicted molar refractivity (Wildman–Crippen MR) is 86.3 cm³/mol. The summed E-state index contributed by atoms with van der Waals surface area (Å²) in [6.07, 6.45) is 3.88. The zero-order chi connectivity index (χ0) is 16.1. The summed E-state index contributed by atoms with van der Waals surface area (Å²) in [4.78, 5) is 14.8. The molecule has 0 N–H and O–H groups in total. The van der Waals surface area contributed by atoms with Crippen LogP contribution in [0.25, 0.3) is 27.4 Å². The van der Waals surface area contributed by atoms with Crippen molar-refractivity contribution >= 4 is 17.0 Å². The molecule has 1 aromatic heterocycles. The van der Waals surface area contributed by atoms with Crippen LogP contribution in [0.4, 0.5) is 4.39 Å². The van der Waals surface area contributed by atoms with Crippen molar-refractivity contribution in [1.29, 1.82) is 0 Å². The summed E-state index contributed by atoms with van der Waals surface area (Å²) in [5, 5.41) is 3.75. The Hall–Kier alpha value is -2.59. The molecule has 0 amide bonds. The molecule has 1 aromatic carbocycles. The van der Waals surface area contributed by atoms with Gasteiger partial charge in [-0.25, -0.2) is 4.39 Å². The standard InChI is InChI=1S/C16H17FN4O/c1-3-12-9-16(22)13-10-14(17)11(6-5-7-19-20-18)8-15(13)21(12)4-2/h5-6,8-10H,3-4,7H2,1-2H3/b6-5+. The Kier molecular flexibility index (Phi) is 4.96. The molecule has 0 atom stereocenters. The Morgan fingerprint density at radius 3 is 2.77 bits per heavy atom. The van der Waals surface area contributed by atoms with E-state index < -0.39 is 5.82 Å². The van der Waals surface area contributed by atoms with Crippen molar-refractivity contribution in [3.63, 3.8) is 0 Å². The average molecular weight is 300 g/mol. The van der Waals surface area contributed by atoms with Crippen molar-refractivity contribution in [2.24, 2.45) is 5.11 Å². The molecule has 0 unspecified atom stereocenters. The molecule has 5 nitrogen and oxygen atoms in total. The number of aromatic nitrogens is 1. The first-order chi connectivity index (χ1) is 10.6. The molecule has 0 saturated carbocycles. The van der Waals surface area contributed by atoms with E-state index in [-0.39, 0.29) is 12.0 Å². The van der Waals surface area contributed by atoms with Crippen molar-refractivity contribution in [2.45, 2.75) is 26.8 Å². The maximum Gasteiger partial charge on any atom is 0.189 e. The predicted octanol–water partition coefficient (Wildman–Crippen LogP) is 4.05. The van der Waals surface area contributed by atoms with Gasteiger partial charge in [0.1, 0.15) is 5.82 Å². The lowest BCUT2D eigenvalue weighted by Crippen LogP contribution is -2.13. The lowest BCUT2D eigenvalue weighted by molar-refractivity contribution is 0.626. The molecular weight excluding hydrogens is 283 g/mol. The largest absolute Gasteiger partial charge is 0.345 e. The van der Waals surface area contributed by atoms with Gasteiger partial charge >= 0.3 is 0 Å². The number of pyridine rings is 1. The SMILES string of the molecule is CCc1cc(=O)c2cc(F)c(/C=C/CN=[N+]=[N-])cc2n1CC. The maximum atomic E-state index is 14.1. The molecule has 0 bridgehead atoms. The second kappa shape index (κ2) is 6.91. The quantitative estimate of drug-likeness (QED) is 0.466. The fourth-order valence-electron chi connectivity index (χ4n) is 2.52. The summed E-state index contributed by atoms with van der Waals surface area (Å²) >= 11 is 0. The van der Waals surface area contributed by atoms with E-state index in [1.54, 1.807) is 24.3 Å². The summed E-state index contributed by atoms with van der Waals surface area (Å²) in [6, 6.07) is 4.51. The monoisotopic (exact) mass is 300 g/mol. The number of nitrogens with zero attached hydrogens (tertiary/aromatic N) is 4. The highest BCUT2D eigenvalue weighted by molar-refractivity contribution is 5.82. The topological polar surface area (TPSA) is 70.8 Å². The highest BCUT2D eigenvalue weighted by atomic mass is 19.1. The Bertz CT molecular complexity index is 832. The number of aryl methyl sites for hydroxylation is 2. The van der Waals surface area contributed by atoms with E-state index in [0.29, 0.717) is 17.5 Å². The average Bonchev–Trinajstić information content (AvgIpc) is 2.52. The lowest BCUT2D eigenvalue weighted by Gasteiger charge is -2.15. The Morgan fingerprint density at radius 2 is 2.14 bits per heavy atom. The summed E-state index contributed by atoms with van der Waals surface area (Å²) in [5.74, 6) is -0.464. The van der Waals surface area contributed by atoms with E-state index in [9.17, 15) is 9.18 Å². The van der Waals surface area contributed by atoms with Gasteiger partial charge in [0.15, 0.2) is 5.43 Å². The van der Waals surface area contributed by atoms with E-state index >= 15 is 0 Å². The molecular formula is C16H17FN4O.